The molecule has 0 unspecified atom stereocenters. The lowest BCUT2D eigenvalue weighted by atomic mass is 10.3. The highest BCUT2D eigenvalue weighted by atomic mass is 32.2. The van der Waals surface area contributed by atoms with Gasteiger partial charge >= 0.3 is 0 Å². The summed E-state index contributed by atoms with van der Waals surface area (Å²) in [7, 11) is -3.70. The molecule has 0 aliphatic heterocycles. The standard InChI is InChI=1S/C13H10N2O4S/c16-10-2-4-11(5-3-10)20(17,18)15-9-1-6-13-12(7-9)14-8-19-13/h1-8,15-16H. The van der Waals surface area contributed by atoms with Crippen molar-refractivity contribution in [3.8, 4) is 5.75 Å². The predicted octanol–water partition coefficient (Wildman–Crippen LogP) is 2.33. The molecule has 1 aromatic heterocycles. The maximum atomic E-state index is 12.2. The number of fused-ring (bicyclic) bond motifs is 1. The highest BCUT2D eigenvalue weighted by Crippen LogP contribution is 2.21. The highest BCUT2D eigenvalue weighted by molar-refractivity contribution is 7.92. The van der Waals surface area contributed by atoms with E-state index >= 15 is 0 Å². The Morgan fingerprint density at radius 2 is 1.85 bits per heavy atom. The maximum Gasteiger partial charge on any atom is 0.261 e. The molecule has 0 amide bonds. The zero-order chi connectivity index (χ0) is 14.2. The second-order valence-electron chi connectivity index (χ2n) is 4.13. The summed E-state index contributed by atoms with van der Waals surface area (Å²) in [6.45, 7) is 0. The number of rotatable bonds is 3. The van der Waals surface area contributed by atoms with Gasteiger partial charge in [0.05, 0.1) is 10.6 Å². The number of nitrogens with one attached hydrogen (secondary N) is 1. The summed E-state index contributed by atoms with van der Waals surface area (Å²) in [5.41, 5.74) is 1.54. The average molecular weight is 290 g/mol. The van der Waals surface area contributed by atoms with Crippen molar-refractivity contribution in [2.24, 2.45) is 0 Å². The minimum Gasteiger partial charge on any atom is -0.508 e. The van der Waals surface area contributed by atoms with Gasteiger partial charge in [0, 0.05) is 0 Å². The third-order valence-corrected chi connectivity index (χ3v) is 4.13. The minimum absolute atomic E-state index is 0.00738. The Hall–Kier alpha value is -2.54. The summed E-state index contributed by atoms with van der Waals surface area (Å²) in [6.07, 6.45) is 1.29. The largest absolute Gasteiger partial charge is 0.508 e. The first-order valence-electron chi connectivity index (χ1n) is 5.70. The van der Waals surface area contributed by atoms with E-state index in [1.165, 1.54) is 30.7 Å². The minimum atomic E-state index is -3.70. The topological polar surface area (TPSA) is 92.4 Å². The van der Waals surface area contributed by atoms with Gasteiger partial charge < -0.3 is 9.52 Å². The highest BCUT2D eigenvalue weighted by Gasteiger charge is 2.14. The van der Waals surface area contributed by atoms with E-state index in [1.54, 1.807) is 18.2 Å². The van der Waals surface area contributed by atoms with E-state index in [1.807, 2.05) is 0 Å². The molecule has 20 heavy (non-hydrogen) atoms. The molecule has 0 saturated heterocycles. The van der Waals surface area contributed by atoms with Crippen molar-refractivity contribution in [1.82, 2.24) is 4.98 Å². The second kappa shape index (κ2) is 4.53. The van der Waals surface area contributed by atoms with Crippen LogP contribution < -0.4 is 4.72 Å². The number of anilines is 1. The molecule has 2 aromatic carbocycles. The number of hydrogen-bond donors (Lipinski definition) is 2. The van der Waals surface area contributed by atoms with Crippen LogP contribution in [0.2, 0.25) is 0 Å². The van der Waals surface area contributed by atoms with Crippen LogP contribution in [0.3, 0.4) is 0 Å². The predicted molar refractivity (Wildman–Crippen MR) is 72.9 cm³/mol. The molecule has 0 saturated carbocycles. The van der Waals surface area contributed by atoms with Gasteiger partial charge in [0.25, 0.3) is 10.0 Å². The van der Waals surface area contributed by atoms with Gasteiger partial charge in [-0.3, -0.25) is 4.72 Å². The molecule has 2 N–H and O–H groups in total. The van der Waals surface area contributed by atoms with Gasteiger partial charge in [0.1, 0.15) is 11.3 Å². The molecular formula is C13H10N2O4S. The first-order valence-corrected chi connectivity index (χ1v) is 7.18. The van der Waals surface area contributed by atoms with Crippen molar-refractivity contribution in [2.45, 2.75) is 4.90 Å². The SMILES string of the molecule is O=S(=O)(Nc1ccc2ocnc2c1)c1ccc(O)cc1. The fourth-order valence-corrected chi connectivity index (χ4v) is 2.81. The number of hydrogen-bond acceptors (Lipinski definition) is 5. The molecule has 0 bridgehead atoms. The van der Waals surface area contributed by atoms with Crippen LogP contribution in [0.4, 0.5) is 5.69 Å². The van der Waals surface area contributed by atoms with Crippen molar-refractivity contribution >= 4 is 26.8 Å². The third kappa shape index (κ3) is 2.30. The van der Waals surface area contributed by atoms with E-state index < -0.39 is 10.0 Å². The van der Waals surface area contributed by atoms with E-state index in [4.69, 9.17) is 4.42 Å². The van der Waals surface area contributed by atoms with Crippen molar-refractivity contribution < 1.29 is 17.9 Å². The molecular weight excluding hydrogens is 280 g/mol. The smallest absolute Gasteiger partial charge is 0.261 e. The number of nitrogens with zero attached hydrogens (tertiary/aromatic N) is 1. The molecule has 3 aromatic rings. The molecule has 7 heteroatoms. The van der Waals surface area contributed by atoms with E-state index in [2.05, 4.69) is 9.71 Å². The molecule has 1 heterocycles. The maximum absolute atomic E-state index is 12.2. The molecule has 0 atom stereocenters. The van der Waals surface area contributed by atoms with Gasteiger partial charge in [-0.2, -0.15) is 0 Å². The molecule has 3 rings (SSSR count). The van der Waals surface area contributed by atoms with Crippen LogP contribution in [-0.2, 0) is 10.0 Å². The van der Waals surface area contributed by atoms with Crippen molar-refractivity contribution in [2.75, 3.05) is 4.72 Å². The van der Waals surface area contributed by atoms with Crippen molar-refractivity contribution in [3.63, 3.8) is 0 Å². The first kappa shape index (κ1) is 12.5. The lowest BCUT2D eigenvalue weighted by Gasteiger charge is -2.07. The average Bonchev–Trinajstić information content (AvgIpc) is 2.86. The van der Waals surface area contributed by atoms with Crippen LogP contribution in [0.15, 0.2) is 58.2 Å². The van der Waals surface area contributed by atoms with E-state index in [-0.39, 0.29) is 10.6 Å². The van der Waals surface area contributed by atoms with Gasteiger partial charge in [0.15, 0.2) is 12.0 Å². The summed E-state index contributed by atoms with van der Waals surface area (Å²) in [5.74, 6) is 0.00738. The Morgan fingerprint density at radius 3 is 2.60 bits per heavy atom. The van der Waals surface area contributed by atoms with Gasteiger partial charge in [-0.25, -0.2) is 13.4 Å². The number of sulfonamides is 1. The Bertz CT molecular complexity index is 853. The number of phenolic OH excluding ortho intramolecular Hbond substituents is 1. The molecule has 0 aliphatic carbocycles. The van der Waals surface area contributed by atoms with Gasteiger partial charge in [-0.1, -0.05) is 0 Å². The molecule has 6 nitrogen and oxygen atoms in total. The van der Waals surface area contributed by atoms with Crippen LogP contribution in [0.5, 0.6) is 5.75 Å². The Labute approximate surface area is 114 Å². The van der Waals surface area contributed by atoms with E-state index in [0.717, 1.165) is 0 Å². The lowest BCUT2D eigenvalue weighted by Crippen LogP contribution is -2.12. The molecule has 0 radical (unpaired) electrons. The Balaban J connectivity index is 1.94. The molecule has 0 spiro atoms. The zero-order valence-electron chi connectivity index (χ0n) is 10.1. The summed E-state index contributed by atoms with van der Waals surface area (Å²) >= 11 is 0. The lowest BCUT2D eigenvalue weighted by molar-refractivity contribution is 0.475. The van der Waals surface area contributed by atoms with Crippen LogP contribution in [0.25, 0.3) is 11.1 Å². The number of aromatic hydroxyl groups is 1. The molecule has 102 valence electrons. The van der Waals surface area contributed by atoms with E-state index in [0.29, 0.717) is 16.8 Å². The van der Waals surface area contributed by atoms with E-state index in [9.17, 15) is 13.5 Å². The fourth-order valence-electron chi connectivity index (χ4n) is 1.76. The van der Waals surface area contributed by atoms with Gasteiger partial charge in [0.2, 0.25) is 0 Å². The molecule has 0 aliphatic rings. The fraction of sp³-hybridized carbons (Fsp3) is 0. The van der Waals surface area contributed by atoms with Crippen LogP contribution in [0.1, 0.15) is 0 Å². The quantitative estimate of drug-likeness (QED) is 0.772. The monoisotopic (exact) mass is 290 g/mol. The van der Waals surface area contributed by atoms with Crippen LogP contribution >= 0.6 is 0 Å². The van der Waals surface area contributed by atoms with Gasteiger partial charge in [-0.05, 0) is 42.5 Å². The van der Waals surface area contributed by atoms with Crippen molar-refractivity contribution in [1.29, 1.82) is 0 Å². The van der Waals surface area contributed by atoms with Crippen LogP contribution in [-0.4, -0.2) is 18.5 Å². The number of phenols is 1. The Kier molecular flexibility index (Phi) is 2.83. The zero-order valence-corrected chi connectivity index (χ0v) is 11.0. The van der Waals surface area contributed by atoms with Gasteiger partial charge in [-0.15, -0.1) is 0 Å². The second-order valence-corrected chi connectivity index (χ2v) is 5.82. The first-order chi connectivity index (χ1) is 9.54. The number of oxazole rings is 1. The van der Waals surface area contributed by atoms with Crippen molar-refractivity contribution in [3.05, 3.63) is 48.9 Å². The molecule has 0 fully saturated rings. The summed E-state index contributed by atoms with van der Waals surface area (Å²) in [5, 5.41) is 9.17. The number of benzene rings is 2. The summed E-state index contributed by atoms with van der Waals surface area (Å²) in [6, 6.07) is 10.1. The summed E-state index contributed by atoms with van der Waals surface area (Å²) < 4.78 is 31.8. The number of aromatic nitrogens is 1. The normalized spacial score (nSPS) is 11.6. The van der Waals surface area contributed by atoms with Crippen LogP contribution in [0, 0.1) is 0 Å². The summed E-state index contributed by atoms with van der Waals surface area (Å²) in [4.78, 5) is 4.02. The third-order valence-electron chi connectivity index (χ3n) is 2.73. The Morgan fingerprint density at radius 1 is 1.10 bits per heavy atom.